The molecule has 0 radical (unpaired) electrons. The lowest BCUT2D eigenvalue weighted by atomic mass is 10.2. The Morgan fingerprint density at radius 3 is 2.14 bits per heavy atom. The number of alkyl halides is 3. The van der Waals surface area contributed by atoms with Crippen LogP contribution >= 0.6 is 34.8 Å². The molecule has 0 amide bonds. The number of aromatic nitrogens is 2. The van der Waals surface area contributed by atoms with E-state index in [2.05, 4.69) is 11.7 Å². The van der Waals surface area contributed by atoms with Crippen LogP contribution in [0.4, 0.5) is 13.2 Å². The molecule has 2 rings (SSSR count). The molecule has 1 aromatic heterocycles. The number of benzene rings is 1. The molecule has 0 atom stereocenters. The zero-order valence-electron chi connectivity index (χ0n) is 10.5. The Morgan fingerprint density at radius 2 is 1.77 bits per heavy atom. The van der Waals surface area contributed by atoms with Crippen molar-refractivity contribution in [3.8, 4) is 11.8 Å². The molecular weight excluding hydrogens is 362 g/mol. The average Bonchev–Trinajstić information content (AvgIpc) is 2.73. The Hall–Kier alpha value is -1.68. The summed E-state index contributed by atoms with van der Waals surface area (Å²) in [5.41, 5.74) is -0.867. The van der Waals surface area contributed by atoms with Gasteiger partial charge >= 0.3 is 6.18 Å². The van der Waals surface area contributed by atoms with Crippen molar-refractivity contribution >= 4 is 40.9 Å². The molecule has 0 unspecified atom stereocenters. The number of hydrogen-bond acceptors (Lipinski definition) is 2. The summed E-state index contributed by atoms with van der Waals surface area (Å²) in [5, 5.41) is 12.2. The van der Waals surface area contributed by atoms with E-state index in [4.69, 9.17) is 40.1 Å². The van der Waals surface area contributed by atoms with Gasteiger partial charge in [-0.1, -0.05) is 47.5 Å². The maximum Gasteiger partial charge on any atom is 0.416 e. The molecule has 0 aliphatic heterocycles. The van der Waals surface area contributed by atoms with Crippen LogP contribution in [0.5, 0.6) is 0 Å². The van der Waals surface area contributed by atoms with Crippen molar-refractivity contribution in [2.75, 3.05) is 0 Å². The molecule has 3 nitrogen and oxygen atoms in total. The number of rotatable bonds is 2. The molecule has 0 N–H and O–H groups in total. The summed E-state index contributed by atoms with van der Waals surface area (Å²) in [7, 11) is 0. The molecule has 114 valence electrons. The van der Waals surface area contributed by atoms with Crippen molar-refractivity contribution in [3.05, 3.63) is 50.7 Å². The fraction of sp³-hybridized carbons (Fsp3) is 0.0769. The zero-order valence-corrected chi connectivity index (χ0v) is 12.8. The van der Waals surface area contributed by atoms with Crippen molar-refractivity contribution in [2.24, 2.45) is 0 Å². The van der Waals surface area contributed by atoms with Gasteiger partial charge in [0, 0.05) is 5.56 Å². The molecule has 22 heavy (non-hydrogen) atoms. The summed E-state index contributed by atoms with van der Waals surface area (Å²) < 4.78 is 39.2. The van der Waals surface area contributed by atoms with Crippen LogP contribution in [0.3, 0.4) is 0 Å². The summed E-state index contributed by atoms with van der Waals surface area (Å²) in [6.07, 6.45) is -3.29. The van der Waals surface area contributed by atoms with Gasteiger partial charge in [0.25, 0.3) is 0 Å². The molecule has 1 aromatic carbocycles. The predicted octanol–water partition coefficient (Wildman–Crippen LogP) is 5.37. The fourth-order valence-corrected chi connectivity index (χ4v) is 2.69. The summed E-state index contributed by atoms with van der Waals surface area (Å²) in [6.45, 7) is 3.50. The lowest BCUT2D eigenvalue weighted by Crippen LogP contribution is -2.07. The predicted molar refractivity (Wildman–Crippen MR) is 78.4 cm³/mol. The molecule has 0 spiro atoms. The largest absolute Gasteiger partial charge is 0.416 e. The Kier molecular flexibility index (Phi) is 4.43. The van der Waals surface area contributed by atoms with Gasteiger partial charge in [0.05, 0.1) is 15.6 Å². The van der Waals surface area contributed by atoms with Crippen LogP contribution in [-0.2, 0) is 6.18 Å². The highest BCUT2D eigenvalue weighted by Gasteiger charge is 2.32. The molecule has 0 aliphatic carbocycles. The molecule has 0 saturated heterocycles. The highest BCUT2D eigenvalue weighted by molar-refractivity contribution is 6.38. The third-order valence-corrected chi connectivity index (χ3v) is 3.67. The quantitative estimate of drug-likeness (QED) is 0.717. The van der Waals surface area contributed by atoms with Crippen LogP contribution in [-0.4, -0.2) is 9.78 Å². The van der Waals surface area contributed by atoms with E-state index in [0.29, 0.717) is 12.1 Å². The van der Waals surface area contributed by atoms with E-state index in [9.17, 15) is 13.2 Å². The van der Waals surface area contributed by atoms with E-state index < -0.39 is 11.7 Å². The lowest BCUT2D eigenvalue weighted by Gasteiger charge is -2.12. The van der Waals surface area contributed by atoms with Crippen LogP contribution in [0, 0.1) is 11.3 Å². The smallest absolute Gasteiger partial charge is 0.217 e. The highest BCUT2D eigenvalue weighted by Crippen LogP contribution is 2.39. The van der Waals surface area contributed by atoms with Gasteiger partial charge in [-0.15, -0.1) is 0 Å². The average molecular weight is 367 g/mol. The second-order valence-corrected chi connectivity index (χ2v) is 5.24. The zero-order chi connectivity index (χ0) is 16.7. The normalized spacial score (nSPS) is 11.3. The third-order valence-electron chi connectivity index (χ3n) is 2.73. The van der Waals surface area contributed by atoms with Gasteiger partial charge in [0.2, 0.25) is 0 Å². The maximum absolute atomic E-state index is 12.7. The van der Waals surface area contributed by atoms with Gasteiger partial charge < -0.3 is 0 Å². The highest BCUT2D eigenvalue weighted by atomic mass is 35.5. The minimum Gasteiger partial charge on any atom is -0.217 e. The SMILES string of the molecule is C=Cc1c(C#N)nn(-c2c(Cl)cc(C(F)(F)F)cc2Cl)c1Cl. The fourth-order valence-electron chi connectivity index (χ4n) is 1.75. The van der Waals surface area contributed by atoms with Crippen LogP contribution < -0.4 is 0 Å². The molecule has 0 aliphatic rings. The summed E-state index contributed by atoms with van der Waals surface area (Å²) in [5.74, 6) is 0. The van der Waals surface area contributed by atoms with E-state index in [1.165, 1.54) is 6.08 Å². The van der Waals surface area contributed by atoms with Gasteiger partial charge in [0.15, 0.2) is 5.69 Å². The summed E-state index contributed by atoms with van der Waals surface area (Å²) in [6, 6.07) is 3.22. The third kappa shape index (κ3) is 2.80. The maximum atomic E-state index is 12.7. The lowest BCUT2D eigenvalue weighted by molar-refractivity contribution is -0.137. The molecular formula is C13H5Cl3F3N3. The van der Waals surface area contributed by atoms with E-state index in [-0.39, 0.29) is 32.1 Å². The van der Waals surface area contributed by atoms with Crippen LogP contribution in [0.15, 0.2) is 18.7 Å². The van der Waals surface area contributed by atoms with E-state index in [1.54, 1.807) is 6.07 Å². The molecule has 2 aromatic rings. The molecule has 0 bridgehead atoms. The van der Waals surface area contributed by atoms with Gasteiger partial charge in [-0.3, -0.25) is 0 Å². The van der Waals surface area contributed by atoms with Crippen molar-refractivity contribution in [1.82, 2.24) is 9.78 Å². The van der Waals surface area contributed by atoms with Crippen LogP contribution in [0.2, 0.25) is 15.2 Å². The number of nitriles is 1. The Bertz CT molecular complexity index is 780. The Labute approximate surface area is 138 Å². The van der Waals surface area contributed by atoms with E-state index in [1.807, 2.05) is 0 Å². The molecule has 1 heterocycles. The van der Waals surface area contributed by atoms with Gasteiger partial charge in [0.1, 0.15) is 16.9 Å². The number of nitrogens with zero attached hydrogens (tertiary/aromatic N) is 3. The summed E-state index contributed by atoms with van der Waals surface area (Å²) >= 11 is 17.8. The first-order valence-corrected chi connectivity index (χ1v) is 6.71. The number of hydrogen-bond donors (Lipinski definition) is 0. The van der Waals surface area contributed by atoms with Gasteiger partial charge in [-0.25, -0.2) is 4.68 Å². The first-order valence-electron chi connectivity index (χ1n) is 5.58. The monoisotopic (exact) mass is 365 g/mol. The molecule has 0 saturated carbocycles. The Morgan fingerprint density at radius 1 is 1.23 bits per heavy atom. The van der Waals surface area contributed by atoms with Gasteiger partial charge in [-0.2, -0.15) is 23.5 Å². The second-order valence-electron chi connectivity index (χ2n) is 4.07. The molecule has 9 heteroatoms. The van der Waals surface area contributed by atoms with E-state index >= 15 is 0 Å². The number of halogens is 6. The molecule has 0 fully saturated rings. The standard InChI is InChI=1S/C13H5Cl3F3N3/c1-2-7-10(5-20)21-22(12(7)16)11-8(14)3-6(4-9(11)15)13(17,18)19/h2-4H,1H2. The first-order chi connectivity index (χ1) is 10.2. The van der Waals surface area contributed by atoms with Crippen LogP contribution in [0.1, 0.15) is 16.8 Å². The second kappa shape index (κ2) is 5.84. The van der Waals surface area contributed by atoms with Crippen molar-refractivity contribution in [3.63, 3.8) is 0 Å². The Balaban J connectivity index is 2.72. The topological polar surface area (TPSA) is 41.6 Å². The minimum atomic E-state index is -4.59. The van der Waals surface area contributed by atoms with Crippen molar-refractivity contribution in [2.45, 2.75) is 6.18 Å². The minimum absolute atomic E-state index is 0.0323. The first kappa shape index (κ1) is 16.7. The van der Waals surface area contributed by atoms with E-state index in [0.717, 1.165) is 4.68 Å². The van der Waals surface area contributed by atoms with Crippen molar-refractivity contribution < 1.29 is 13.2 Å². The summed E-state index contributed by atoms with van der Waals surface area (Å²) in [4.78, 5) is 0. The van der Waals surface area contributed by atoms with Crippen LogP contribution in [0.25, 0.3) is 11.8 Å². The van der Waals surface area contributed by atoms with Crippen molar-refractivity contribution in [1.29, 1.82) is 5.26 Å². The van der Waals surface area contributed by atoms with Gasteiger partial charge in [-0.05, 0) is 12.1 Å².